The summed E-state index contributed by atoms with van der Waals surface area (Å²) >= 11 is 5.83. The monoisotopic (exact) mass is 307 g/mol. The Morgan fingerprint density at radius 3 is 2.86 bits per heavy atom. The van der Waals surface area contributed by atoms with Gasteiger partial charge in [0.1, 0.15) is 0 Å². The molecule has 6 heteroatoms. The van der Waals surface area contributed by atoms with Gasteiger partial charge in [-0.05, 0) is 37.1 Å². The van der Waals surface area contributed by atoms with Gasteiger partial charge < -0.3 is 14.9 Å². The van der Waals surface area contributed by atoms with Gasteiger partial charge >= 0.3 is 0 Å². The van der Waals surface area contributed by atoms with Crippen molar-refractivity contribution in [3.8, 4) is 11.4 Å². The second-order valence-corrected chi connectivity index (χ2v) is 5.11. The highest BCUT2D eigenvalue weighted by Gasteiger charge is 2.09. The Hall–Kier alpha value is -1.69. The van der Waals surface area contributed by atoms with E-state index < -0.39 is 6.10 Å². The summed E-state index contributed by atoms with van der Waals surface area (Å²) in [5, 5.41) is 17.3. The van der Waals surface area contributed by atoms with Crippen LogP contribution in [-0.2, 0) is 6.54 Å². The molecule has 0 amide bonds. The normalized spacial score (nSPS) is 12.3. The van der Waals surface area contributed by atoms with Gasteiger partial charge in [-0.2, -0.15) is 4.98 Å². The molecule has 1 aromatic heterocycles. The minimum atomic E-state index is -0.401. The van der Waals surface area contributed by atoms with Crippen molar-refractivity contribution in [2.45, 2.75) is 25.5 Å². The Morgan fingerprint density at radius 1 is 1.38 bits per heavy atom. The highest BCUT2D eigenvalue weighted by molar-refractivity contribution is 6.30. The van der Waals surface area contributed by atoms with Crippen LogP contribution in [0, 0.1) is 0 Å². The minimum Gasteiger partial charge on any atom is -0.392 e. The Bertz CT molecular complexity index is 569. The topological polar surface area (TPSA) is 71.2 Å². The third-order valence-corrected chi connectivity index (χ3v) is 3.18. The second kappa shape index (κ2) is 7.93. The summed E-state index contributed by atoms with van der Waals surface area (Å²) < 4.78 is 5.16. The van der Waals surface area contributed by atoms with Crippen molar-refractivity contribution in [2.75, 3.05) is 6.54 Å². The molecule has 1 heterocycles. The maximum atomic E-state index is 9.68. The second-order valence-electron chi connectivity index (χ2n) is 4.67. The molecule has 0 aliphatic rings. The van der Waals surface area contributed by atoms with Crippen molar-refractivity contribution in [3.63, 3.8) is 0 Å². The average molecular weight is 308 g/mol. The highest BCUT2D eigenvalue weighted by Crippen LogP contribution is 2.18. The molecule has 0 aliphatic heterocycles. The molecule has 0 radical (unpaired) electrons. The largest absolute Gasteiger partial charge is 0.392 e. The fraction of sp³-hybridized carbons (Fsp3) is 0.333. The number of rotatable bonds is 8. The van der Waals surface area contributed by atoms with Crippen LogP contribution in [0.2, 0.25) is 5.02 Å². The van der Waals surface area contributed by atoms with Crippen LogP contribution >= 0.6 is 11.6 Å². The minimum absolute atomic E-state index is 0.401. The van der Waals surface area contributed by atoms with Crippen LogP contribution < -0.4 is 5.32 Å². The number of aliphatic hydroxyl groups is 1. The first kappa shape index (κ1) is 15.7. The van der Waals surface area contributed by atoms with Crippen LogP contribution in [0.5, 0.6) is 0 Å². The Morgan fingerprint density at radius 2 is 2.14 bits per heavy atom. The van der Waals surface area contributed by atoms with Gasteiger partial charge in [-0.1, -0.05) is 22.8 Å². The van der Waals surface area contributed by atoms with Crippen molar-refractivity contribution >= 4 is 11.6 Å². The Labute approximate surface area is 128 Å². The number of benzene rings is 1. The number of aromatic nitrogens is 2. The van der Waals surface area contributed by atoms with E-state index in [1.807, 2.05) is 12.1 Å². The van der Waals surface area contributed by atoms with E-state index in [1.165, 1.54) is 0 Å². The van der Waals surface area contributed by atoms with Crippen molar-refractivity contribution in [3.05, 3.63) is 47.8 Å². The van der Waals surface area contributed by atoms with E-state index in [2.05, 4.69) is 22.0 Å². The predicted molar refractivity (Wildman–Crippen MR) is 81.9 cm³/mol. The molecular formula is C15H18ClN3O2. The van der Waals surface area contributed by atoms with Crippen molar-refractivity contribution < 1.29 is 9.63 Å². The molecule has 0 fully saturated rings. The molecule has 1 atom stereocenters. The highest BCUT2D eigenvalue weighted by atomic mass is 35.5. The molecule has 2 N–H and O–H groups in total. The van der Waals surface area contributed by atoms with E-state index in [1.54, 1.807) is 18.2 Å². The predicted octanol–water partition coefficient (Wildman–Crippen LogP) is 2.81. The Balaban J connectivity index is 1.83. The summed E-state index contributed by atoms with van der Waals surface area (Å²) in [7, 11) is 0. The average Bonchev–Trinajstić information content (AvgIpc) is 2.95. The molecule has 0 unspecified atom stereocenters. The van der Waals surface area contributed by atoms with Gasteiger partial charge in [0.05, 0.1) is 12.6 Å². The summed E-state index contributed by atoms with van der Waals surface area (Å²) in [6.07, 6.45) is 2.88. The van der Waals surface area contributed by atoms with Crippen LogP contribution in [0.3, 0.4) is 0 Å². The lowest BCUT2D eigenvalue weighted by atomic mass is 10.2. The van der Waals surface area contributed by atoms with Gasteiger partial charge in [0.15, 0.2) is 0 Å². The molecule has 112 valence electrons. The molecule has 21 heavy (non-hydrogen) atoms. The van der Waals surface area contributed by atoms with Crippen LogP contribution in [-0.4, -0.2) is 27.9 Å². The number of nitrogens with one attached hydrogen (secondary N) is 1. The fourth-order valence-corrected chi connectivity index (χ4v) is 1.93. The maximum absolute atomic E-state index is 9.68. The van der Waals surface area contributed by atoms with Gasteiger partial charge in [-0.25, -0.2) is 0 Å². The van der Waals surface area contributed by atoms with Crippen LogP contribution in [0.1, 0.15) is 18.7 Å². The number of hydrogen-bond donors (Lipinski definition) is 2. The van der Waals surface area contributed by atoms with Gasteiger partial charge in [-0.3, -0.25) is 0 Å². The van der Waals surface area contributed by atoms with Crippen LogP contribution in [0.4, 0.5) is 0 Å². The first-order valence-corrected chi connectivity index (χ1v) is 7.15. The number of hydrogen-bond acceptors (Lipinski definition) is 5. The number of aliphatic hydroxyl groups excluding tert-OH is 1. The zero-order valence-electron chi connectivity index (χ0n) is 11.6. The number of nitrogens with zero attached hydrogens (tertiary/aromatic N) is 2. The molecule has 0 aliphatic carbocycles. The van der Waals surface area contributed by atoms with Crippen molar-refractivity contribution in [1.82, 2.24) is 15.5 Å². The lowest BCUT2D eigenvalue weighted by Gasteiger charge is -2.08. The third-order valence-electron chi connectivity index (χ3n) is 2.93. The summed E-state index contributed by atoms with van der Waals surface area (Å²) in [5.41, 5.74) is 0.848. The fourth-order valence-electron chi connectivity index (χ4n) is 1.80. The summed E-state index contributed by atoms with van der Waals surface area (Å²) in [5.74, 6) is 1.01. The van der Waals surface area contributed by atoms with E-state index >= 15 is 0 Å². The van der Waals surface area contributed by atoms with Gasteiger partial charge in [0.2, 0.25) is 11.7 Å². The van der Waals surface area contributed by atoms with Crippen molar-refractivity contribution in [2.24, 2.45) is 0 Å². The molecule has 0 saturated carbocycles. The lowest BCUT2D eigenvalue weighted by molar-refractivity contribution is 0.161. The molecule has 2 aromatic rings. The first-order valence-electron chi connectivity index (χ1n) is 6.77. The molecule has 1 aromatic carbocycles. The number of allylic oxidation sites excluding steroid dienone is 1. The van der Waals surface area contributed by atoms with E-state index in [9.17, 15) is 5.11 Å². The van der Waals surface area contributed by atoms with E-state index in [0.717, 1.165) is 12.0 Å². The Kier molecular flexibility index (Phi) is 5.92. The number of halogens is 1. The molecule has 0 bridgehead atoms. The van der Waals surface area contributed by atoms with E-state index in [-0.39, 0.29) is 0 Å². The van der Waals surface area contributed by atoms with Gasteiger partial charge in [-0.15, -0.1) is 6.58 Å². The van der Waals surface area contributed by atoms with E-state index in [4.69, 9.17) is 16.1 Å². The quantitative estimate of drug-likeness (QED) is 0.734. The standard InChI is InChI=1S/C15H18ClN3O2/c1-2-3-4-13(20)9-17-10-14-18-15(19-21-14)11-5-7-12(16)8-6-11/h2,5-8,13,17,20H,1,3-4,9-10H2/t13-/m0/s1. The third kappa shape index (κ3) is 4.97. The van der Waals surface area contributed by atoms with Crippen molar-refractivity contribution in [1.29, 1.82) is 0 Å². The zero-order chi connectivity index (χ0) is 15.1. The molecule has 0 spiro atoms. The summed E-state index contributed by atoms with van der Waals surface area (Å²) in [6.45, 7) is 4.53. The van der Waals surface area contributed by atoms with Crippen LogP contribution in [0.15, 0.2) is 41.4 Å². The first-order chi connectivity index (χ1) is 10.2. The molecule has 0 saturated heterocycles. The zero-order valence-corrected chi connectivity index (χ0v) is 12.4. The maximum Gasteiger partial charge on any atom is 0.240 e. The smallest absolute Gasteiger partial charge is 0.240 e. The molecule has 2 rings (SSSR count). The van der Waals surface area contributed by atoms with Crippen LogP contribution in [0.25, 0.3) is 11.4 Å². The lowest BCUT2D eigenvalue weighted by Crippen LogP contribution is -2.26. The SMILES string of the molecule is C=CCC[C@H](O)CNCc1nc(-c2ccc(Cl)cc2)no1. The molecule has 5 nitrogen and oxygen atoms in total. The van der Waals surface area contributed by atoms with Gasteiger partial charge in [0.25, 0.3) is 0 Å². The van der Waals surface area contributed by atoms with E-state index in [0.29, 0.717) is 36.2 Å². The van der Waals surface area contributed by atoms with Gasteiger partial charge in [0, 0.05) is 17.1 Å². The summed E-state index contributed by atoms with van der Waals surface area (Å²) in [4.78, 5) is 4.29. The summed E-state index contributed by atoms with van der Waals surface area (Å²) in [6, 6.07) is 7.23. The molecular weight excluding hydrogens is 290 g/mol.